The highest BCUT2D eigenvalue weighted by Gasteiger charge is 2.23. The maximum atomic E-state index is 12.4. The van der Waals surface area contributed by atoms with Crippen LogP contribution in [-0.4, -0.2) is 28.3 Å². The summed E-state index contributed by atoms with van der Waals surface area (Å²) < 4.78 is 0. The van der Waals surface area contributed by atoms with Crippen LogP contribution in [0.15, 0.2) is 67.1 Å². The third-order valence-electron chi connectivity index (χ3n) is 5.72. The standard InChI is InChI=1S/C25H26N4O2/c1-18(30)29(17-19-4-2-5-19)23-10-7-21(8-11-23)24-12-9-22(16-27-24)25(31)28-15-20-6-3-13-26-14-20/h3,6-14,16,19H,2,4-5,15,17H2,1H3,(H,28,31). The van der Waals surface area contributed by atoms with Crippen LogP contribution in [0.25, 0.3) is 11.3 Å². The number of amides is 2. The third-order valence-corrected chi connectivity index (χ3v) is 5.72. The number of nitrogens with one attached hydrogen (secondary N) is 1. The minimum atomic E-state index is -0.175. The summed E-state index contributed by atoms with van der Waals surface area (Å²) in [5.41, 5.74) is 4.08. The fourth-order valence-corrected chi connectivity index (χ4v) is 3.65. The average Bonchev–Trinajstić information content (AvgIpc) is 2.77. The van der Waals surface area contributed by atoms with Gasteiger partial charge in [0.05, 0.1) is 11.3 Å². The quantitative estimate of drug-likeness (QED) is 0.628. The van der Waals surface area contributed by atoms with Crippen LogP contribution in [0, 0.1) is 5.92 Å². The molecule has 6 nitrogen and oxygen atoms in total. The fraction of sp³-hybridized carbons (Fsp3) is 0.280. The molecule has 1 aliphatic carbocycles. The van der Waals surface area contributed by atoms with Gasteiger partial charge in [-0.2, -0.15) is 0 Å². The number of rotatable bonds is 7. The SMILES string of the molecule is CC(=O)N(CC1CCC1)c1ccc(-c2ccc(C(=O)NCc3cccnc3)cn2)cc1. The molecule has 2 amide bonds. The largest absolute Gasteiger partial charge is 0.348 e. The first-order valence-corrected chi connectivity index (χ1v) is 10.6. The molecule has 2 heterocycles. The highest BCUT2D eigenvalue weighted by Crippen LogP contribution is 2.30. The van der Waals surface area contributed by atoms with E-state index in [1.54, 1.807) is 31.6 Å². The molecule has 0 saturated heterocycles. The van der Waals surface area contributed by atoms with E-state index in [2.05, 4.69) is 15.3 Å². The summed E-state index contributed by atoms with van der Waals surface area (Å²) in [5, 5.41) is 2.87. The second-order valence-corrected chi connectivity index (χ2v) is 7.95. The zero-order valence-corrected chi connectivity index (χ0v) is 17.6. The van der Waals surface area contributed by atoms with Gasteiger partial charge in [-0.3, -0.25) is 19.6 Å². The number of hydrogen-bond acceptors (Lipinski definition) is 4. The molecule has 0 aliphatic heterocycles. The van der Waals surface area contributed by atoms with Crippen molar-refractivity contribution in [2.24, 2.45) is 5.92 Å². The summed E-state index contributed by atoms with van der Waals surface area (Å²) in [6.45, 7) is 2.82. The van der Waals surface area contributed by atoms with E-state index in [1.807, 2.05) is 47.4 Å². The van der Waals surface area contributed by atoms with Crippen molar-refractivity contribution in [2.75, 3.05) is 11.4 Å². The maximum absolute atomic E-state index is 12.4. The van der Waals surface area contributed by atoms with E-state index in [1.165, 1.54) is 19.3 Å². The van der Waals surface area contributed by atoms with Crippen LogP contribution in [-0.2, 0) is 11.3 Å². The summed E-state index contributed by atoms with van der Waals surface area (Å²) in [7, 11) is 0. The Balaban J connectivity index is 1.40. The second-order valence-electron chi connectivity index (χ2n) is 7.95. The summed E-state index contributed by atoms with van der Waals surface area (Å²) in [6.07, 6.45) is 8.68. The van der Waals surface area contributed by atoms with Crippen molar-refractivity contribution in [3.8, 4) is 11.3 Å². The van der Waals surface area contributed by atoms with Gasteiger partial charge in [0.2, 0.25) is 5.91 Å². The summed E-state index contributed by atoms with van der Waals surface area (Å²) >= 11 is 0. The molecule has 1 aliphatic rings. The maximum Gasteiger partial charge on any atom is 0.253 e. The number of pyridine rings is 2. The minimum absolute atomic E-state index is 0.0689. The first-order chi connectivity index (χ1) is 15.1. The molecule has 0 atom stereocenters. The Labute approximate surface area is 182 Å². The zero-order valence-electron chi connectivity index (χ0n) is 17.6. The van der Waals surface area contributed by atoms with E-state index in [-0.39, 0.29) is 11.8 Å². The molecule has 1 aromatic carbocycles. The molecule has 158 valence electrons. The number of carbonyl (C=O) groups excluding carboxylic acids is 2. The minimum Gasteiger partial charge on any atom is -0.348 e. The van der Waals surface area contributed by atoms with Crippen LogP contribution >= 0.6 is 0 Å². The average molecular weight is 415 g/mol. The molecule has 0 radical (unpaired) electrons. The van der Waals surface area contributed by atoms with Crippen molar-refractivity contribution in [1.29, 1.82) is 0 Å². The first-order valence-electron chi connectivity index (χ1n) is 10.6. The molecule has 6 heteroatoms. The van der Waals surface area contributed by atoms with Crippen LogP contribution < -0.4 is 10.2 Å². The molecule has 0 spiro atoms. The van der Waals surface area contributed by atoms with Gasteiger partial charge in [-0.15, -0.1) is 0 Å². The van der Waals surface area contributed by atoms with E-state index in [0.717, 1.165) is 29.1 Å². The summed E-state index contributed by atoms with van der Waals surface area (Å²) in [5.74, 6) is 0.507. The zero-order chi connectivity index (χ0) is 21.6. The Bertz CT molecular complexity index is 1030. The molecular formula is C25H26N4O2. The smallest absolute Gasteiger partial charge is 0.253 e. The van der Waals surface area contributed by atoms with Crippen molar-refractivity contribution in [2.45, 2.75) is 32.7 Å². The topological polar surface area (TPSA) is 75.2 Å². The Hall–Kier alpha value is -3.54. The molecule has 1 fully saturated rings. The third kappa shape index (κ3) is 5.15. The molecule has 1 saturated carbocycles. The van der Waals surface area contributed by atoms with Gasteiger partial charge in [-0.05, 0) is 54.7 Å². The molecule has 31 heavy (non-hydrogen) atoms. The monoisotopic (exact) mass is 414 g/mol. The van der Waals surface area contributed by atoms with E-state index in [9.17, 15) is 9.59 Å². The van der Waals surface area contributed by atoms with Gasteiger partial charge in [0.25, 0.3) is 5.91 Å². The highest BCUT2D eigenvalue weighted by atomic mass is 16.2. The lowest BCUT2D eigenvalue weighted by molar-refractivity contribution is -0.116. The lowest BCUT2D eigenvalue weighted by Gasteiger charge is -2.32. The van der Waals surface area contributed by atoms with Crippen LogP contribution in [0.2, 0.25) is 0 Å². The first kappa shape index (κ1) is 20.7. The normalized spacial score (nSPS) is 13.3. The number of benzene rings is 1. The number of carbonyl (C=O) groups is 2. The Morgan fingerprint density at radius 2 is 1.87 bits per heavy atom. The van der Waals surface area contributed by atoms with Gasteiger partial charge in [0, 0.05) is 49.9 Å². The van der Waals surface area contributed by atoms with Crippen molar-refractivity contribution >= 4 is 17.5 Å². The summed E-state index contributed by atoms with van der Waals surface area (Å²) in [6, 6.07) is 15.2. The van der Waals surface area contributed by atoms with Crippen molar-refractivity contribution in [3.05, 3.63) is 78.2 Å². The Kier molecular flexibility index (Phi) is 6.36. The molecule has 0 unspecified atom stereocenters. The predicted molar refractivity (Wildman–Crippen MR) is 120 cm³/mol. The van der Waals surface area contributed by atoms with Gasteiger partial charge >= 0.3 is 0 Å². The van der Waals surface area contributed by atoms with E-state index >= 15 is 0 Å². The highest BCUT2D eigenvalue weighted by molar-refractivity contribution is 5.94. The number of anilines is 1. The van der Waals surface area contributed by atoms with E-state index in [0.29, 0.717) is 18.0 Å². The Morgan fingerprint density at radius 3 is 2.45 bits per heavy atom. The summed E-state index contributed by atoms with van der Waals surface area (Å²) in [4.78, 5) is 34.8. The number of aromatic nitrogens is 2. The molecule has 2 aromatic heterocycles. The van der Waals surface area contributed by atoms with Crippen molar-refractivity contribution in [3.63, 3.8) is 0 Å². The second kappa shape index (κ2) is 9.51. The van der Waals surface area contributed by atoms with Gasteiger partial charge in [0.15, 0.2) is 0 Å². The molecule has 0 bridgehead atoms. The van der Waals surface area contributed by atoms with Gasteiger partial charge in [0.1, 0.15) is 0 Å². The molecule has 1 N–H and O–H groups in total. The fourth-order valence-electron chi connectivity index (χ4n) is 3.65. The molecular weight excluding hydrogens is 388 g/mol. The van der Waals surface area contributed by atoms with Gasteiger partial charge in [-0.1, -0.05) is 24.6 Å². The Morgan fingerprint density at radius 1 is 1.06 bits per heavy atom. The lowest BCUT2D eigenvalue weighted by Crippen LogP contribution is -2.35. The predicted octanol–water partition coefficient (Wildman–Crippen LogP) is 4.23. The van der Waals surface area contributed by atoms with Crippen LogP contribution in [0.3, 0.4) is 0 Å². The van der Waals surface area contributed by atoms with E-state index in [4.69, 9.17) is 0 Å². The lowest BCUT2D eigenvalue weighted by atomic mass is 9.85. The van der Waals surface area contributed by atoms with Crippen LogP contribution in [0.4, 0.5) is 5.69 Å². The van der Waals surface area contributed by atoms with E-state index < -0.39 is 0 Å². The van der Waals surface area contributed by atoms with Crippen LogP contribution in [0.5, 0.6) is 0 Å². The molecule has 4 rings (SSSR count). The number of nitrogens with zero attached hydrogens (tertiary/aromatic N) is 3. The van der Waals surface area contributed by atoms with Gasteiger partial charge < -0.3 is 10.2 Å². The van der Waals surface area contributed by atoms with Crippen molar-refractivity contribution in [1.82, 2.24) is 15.3 Å². The van der Waals surface area contributed by atoms with Gasteiger partial charge in [-0.25, -0.2) is 0 Å². The number of hydrogen-bond donors (Lipinski definition) is 1. The molecule has 3 aromatic rings. The van der Waals surface area contributed by atoms with Crippen molar-refractivity contribution < 1.29 is 9.59 Å². The van der Waals surface area contributed by atoms with Crippen LogP contribution in [0.1, 0.15) is 42.1 Å².